The molecule has 0 spiro atoms. The first-order valence-electron chi connectivity index (χ1n) is 8.25. The highest BCUT2D eigenvalue weighted by molar-refractivity contribution is 5.31. The topological polar surface area (TPSA) is 0 Å². The average molecular weight is 278 g/mol. The third-order valence-corrected chi connectivity index (χ3v) is 5.23. The van der Waals surface area contributed by atoms with Crippen LogP contribution in [0.5, 0.6) is 0 Å². The molecule has 0 aromatic heterocycles. The molecule has 3 rings (SSSR count). The molecule has 1 aromatic rings. The summed E-state index contributed by atoms with van der Waals surface area (Å²) in [4.78, 5) is 0. The molecule has 0 N–H and O–H groups in total. The molecule has 0 amide bonds. The number of hydrogen-bond acceptors (Lipinski definition) is 0. The molecule has 0 nitrogen and oxygen atoms in total. The molecule has 110 valence electrons. The minimum atomic E-state index is -0.556. The van der Waals surface area contributed by atoms with Crippen molar-refractivity contribution < 1.29 is 8.78 Å². The van der Waals surface area contributed by atoms with E-state index < -0.39 is 11.6 Å². The zero-order valence-corrected chi connectivity index (χ0v) is 12.1. The van der Waals surface area contributed by atoms with E-state index in [0.29, 0.717) is 11.1 Å². The summed E-state index contributed by atoms with van der Waals surface area (Å²) >= 11 is 0. The lowest BCUT2D eigenvalue weighted by Gasteiger charge is -2.26. The van der Waals surface area contributed by atoms with Crippen LogP contribution in [-0.2, 0) is 0 Å². The first-order valence-corrected chi connectivity index (χ1v) is 8.25. The van der Waals surface area contributed by atoms with Gasteiger partial charge in [-0.3, -0.25) is 0 Å². The fourth-order valence-electron chi connectivity index (χ4n) is 4.04. The SMILES string of the molecule is Fc1c(C2CCCCC2)ccc(C2CCCCC2)c1F. The summed E-state index contributed by atoms with van der Waals surface area (Å²) in [6.45, 7) is 0. The zero-order chi connectivity index (χ0) is 13.9. The van der Waals surface area contributed by atoms with E-state index in [9.17, 15) is 8.78 Å². The molecule has 2 saturated carbocycles. The summed E-state index contributed by atoms with van der Waals surface area (Å²) in [5, 5.41) is 0. The number of hydrogen-bond donors (Lipinski definition) is 0. The van der Waals surface area contributed by atoms with Gasteiger partial charge in [-0.25, -0.2) is 8.78 Å². The third-order valence-electron chi connectivity index (χ3n) is 5.23. The second kappa shape index (κ2) is 6.24. The highest BCUT2D eigenvalue weighted by Crippen LogP contribution is 2.39. The maximum atomic E-state index is 14.4. The molecule has 2 heteroatoms. The third kappa shape index (κ3) is 2.75. The second-order valence-electron chi connectivity index (χ2n) is 6.54. The van der Waals surface area contributed by atoms with E-state index in [0.717, 1.165) is 51.4 Å². The highest BCUT2D eigenvalue weighted by Gasteiger charge is 2.25. The van der Waals surface area contributed by atoms with Crippen molar-refractivity contribution in [3.63, 3.8) is 0 Å². The van der Waals surface area contributed by atoms with Gasteiger partial charge in [0.25, 0.3) is 0 Å². The first kappa shape index (κ1) is 14.0. The monoisotopic (exact) mass is 278 g/mol. The van der Waals surface area contributed by atoms with Crippen LogP contribution in [0.2, 0.25) is 0 Å². The Morgan fingerprint density at radius 3 is 1.30 bits per heavy atom. The predicted molar refractivity (Wildman–Crippen MR) is 78.0 cm³/mol. The van der Waals surface area contributed by atoms with Crippen LogP contribution in [0.25, 0.3) is 0 Å². The molecule has 0 bridgehead atoms. The van der Waals surface area contributed by atoms with E-state index in [1.165, 1.54) is 12.8 Å². The second-order valence-corrected chi connectivity index (χ2v) is 6.54. The van der Waals surface area contributed by atoms with E-state index >= 15 is 0 Å². The lowest BCUT2D eigenvalue weighted by molar-refractivity contribution is 0.399. The minimum Gasteiger partial charge on any atom is -0.203 e. The Hall–Kier alpha value is -0.920. The maximum absolute atomic E-state index is 14.4. The molecule has 0 saturated heterocycles. The molecule has 0 unspecified atom stereocenters. The van der Waals surface area contributed by atoms with Gasteiger partial charge in [0.2, 0.25) is 0 Å². The molecule has 20 heavy (non-hydrogen) atoms. The van der Waals surface area contributed by atoms with Crippen molar-refractivity contribution in [3.8, 4) is 0 Å². The van der Waals surface area contributed by atoms with E-state index in [1.54, 1.807) is 0 Å². The molecular weight excluding hydrogens is 254 g/mol. The van der Waals surface area contributed by atoms with E-state index in [1.807, 2.05) is 12.1 Å². The van der Waals surface area contributed by atoms with E-state index in [-0.39, 0.29) is 11.8 Å². The van der Waals surface area contributed by atoms with E-state index in [2.05, 4.69) is 0 Å². The average Bonchev–Trinajstić information content (AvgIpc) is 2.52. The Morgan fingerprint density at radius 2 is 0.950 bits per heavy atom. The summed E-state index contributed by atoms with van der Waals surface area (Å²) in [5.74, 6) is -0.641. The molecule has 0 radical (unpaired) electrons. The van der Waals surface area contributed by atoms with Gasteiger partial charge in [-0.15, -0.1) is 0 Å². The summed E-state index contributed by atoms with van der Waals surface area (Å²) in [6, 6.07) is 3.75. The van der Waals surface area contributed by atoms with Crippen molar-refractivity contribution in [2.75, 3.05) is 0 Å². The largest absolute Gasteiger partial charge is 0.203 e. The lowest BCUT2D eigenvalue weighted by Crippen LogP contribution is -2.12. The van der Waals surface area contributed by atoms with Gasteiger partial charge in [0.15, 0.2) is 11.6 Å². The number of halogens is 2. The molecule has 2 aliphatic carbocycles. The summed E-state index contributed by atoms with van der Waals surface area (Å²) in [7, 11) is 0. The summed E-state index contributed by atoms with van der Waals surface area (Å²) in [6.07, 6.45) is 11.1. The lowest BCUT2D eigenvalue weighted by atomic mass is 9.80. The number of rotatable bonds is 2. The van der Waals surface area contributed by atoms with Crippen LogP contribution < -0.4 is 0 Å². The summed E-state index contributed by atoms with van der Waals surface area (Å²) in [5.41, 5.74) is 1.25. The molecule has 0 heterocycles. The van der Waals surface area contributed by atoms with Crippen LogP contribution in [0.15, 0.2) is 12.1 Å². The molecule has 2 fully saturated rings. The van der Waals surface area contributed by atoms with Gasteiger partial charge < -0.3 is 0 Å². The van der Waals surface area contributed by atoms with Crippen LogP contribution >= 0.6 is 0 Å². The quantitative estimate of drug-likeness (QED) is 0.616. The Kier molecular flexibility index (Phi) is 4.38. The van der Waals surface area contributed by atoms with Crippen molar-refractivity contribution in [2.45, 2.75) is 76.0 Å². The van der Waals surface area contributed by atoms with Gasteiger partial charge >= 0.3 is 0 Å². The normalized spacial score (nSPS) is 22.1. The zero-order valence-electron chi connectivity index (χ0n) is 12.1. The fourth-order valence-corrected chi connectivity index (χ4v) is 4.04. The van der Waals surface area contributed by atoms with Crippen molar-refractivity contribution in [2.24, 2.45) is 0 Å². The van der Waals surface area contributed by atoms with Crippen LogP contribution in [0, 0.1) is 11.6 Å². The molecular formula is C18H24F2. The van der Waals surface area contributed by atoms with Gasteiger partial charge in [0.1, 0.15) is 0 Å². The standard InChI is InChI=1S/C18H24F2/c19-17-15(13-7-3-1-4-8-13)11-12-16(18(17)20)14-9-5-2-6-10-14/h11-14H,1-10H2. The maximum Gasteiger partial charge on any atom is 0.162 e. The molecule has 1 aromatic carbocycles. The van der Waals surface area contributed by atoms with Crippen molar-refractivity contribution in [3.05, 3.63) is 34.9 Å². The smallest absolute Gasteiger partial charge is 0.162 e. The van der Waals surface area contributed by atoms with Gasteiger partial charge in [-0.1, -0.05) is 50.7 Å². The van der Waals surface area contributed by atoms with Crippen LogP contribution in [-0.4, -0.2) is 0 Å². The van der Waals surface area contributed by atoms with Crippen molar-refractivity contribution >= 4 is 0 Å². The van der Waals surface area contributed by atoms with Gasteiger partial charge in [-0.05, 0) is 48.6 Å². The first-order chi connectivity index (χ1) is 9.77. The Labute approximate surface area is 120 Å². The van der Waals surface area contributed by atoms with Gasteiger partial charge in [0, 0.05) is 0 Å². The molecule has 2 aliphatic rings. The van der Waals surface area contributed by atoms with Crippen LogP contribution in [0.1, 0.15) is 87.2 Å². The summed E-state index contributed by atoms with van der Waals surface area (Å²) < 4.78 is 28.9. The number of benzene rings is 1. The Bertz CT molecular complexity index is 412. The Balaban J connectivity index is 1.85. The fraction of sp³-hybridized carbons (Fsp3) is 0.667. The molecule has 0 aliphatic heterocycles. The van der Waals surface area contributed by atoms with Gasteiger partial charge in [0.05, 0.1) is 0 Å². The van der Waals surface area contributed by atoms with E-state index in [4.69, 9.17) is 0 Å². The van der Waals surface area contributed by atoms with Crippen molar-refractivity contribution in [1.82, 2.24) is 0 Å². The van der Waals surface area contributed by atoms with Crippen LogP contribution in [0.3, 0.4) is 0 Å². The predicted octanol–water partition coefficient (Wildman–Crippen LogP) is 6.06. The highest BCUT2D eigenvalue weighted by atomic mass is 19.2. The Morgan fingerprint density at radius 1 is 0.600 bits per heavy atom. The molecule has 0 atom stereocenters. The van der Waals surface area contributed by atoms with Gasteiger partial charge in [-0.2, -0.15) is 0 Å². The van der Waals surface area contributed by atoms with Crippen molar-refractivity contribution in [1.29, 1.82) is 0 Å². The minimum absolute atomic E-state index is 0.235. The van der Waals surface area contributed by atoms with Crippen LogP contribution in [0.4, 0.5) is 8.78 Å².